The first-order chi connectivity index (χ1) is 30.1. The maximum absolute atomic E-state index is 12.5. The number of carbonyl (C=O) groups is 1. The molecule has 10 rings (SSSR count). The molecule has 0 saturated heterocycles. The molecule has 3 aliphatic carbocycles. The average Bonchev–Trinajstić information content (AvgIpc) is 3.84. The molecule has 1 spiro atoms. The van der Waals surface area contributed by atoms with Gasteiger partial charge in [-0.15, -0.1) is 0 Å². The fourth-order valence-corrected chi connectivity index (χ4v) is 11.8. The number of nitrogens with two attached hydrogens (primary N) is 1. The van der Waals surface area contributed by atoms with Gasteiger partial charge in [0.2, 0.25) is 0 Å². The van der Waals surface area contributed by atoms with Crippen LogP contribution in [-0.2, 0) is 34.2 Å². The average molecular weight is 832 g/mol. The van der Waals surface area contributed by atoms with Crippen molar-refractivity contribution in [1.82, 2.24) is 5.32 Å². The van der Waals surface area contributed by atoms with Crippen LogP contribution in [-0.4, -0.2) is 49.7 Å². The zero-order valence-electron chi connectivity index (χ0n) is 35.6. The summed E-state index contributed by atoms with van der Waals surface area (Å²) in [6, 6.07) is 20.1. The number of allylic oxidation sites excluding steroid dienone is 5. The van der Waals surface area contributed by atoms with Crippen molar-refractivity contribution in [2.75, 3.05) is 32.7 Å². The molecule has 1 saturated carbocycles. The molecule has 0 radical (unpaired) electrons. The van der Waals surface area contributed by atoms with Crippen LogP contribution >= 0.6 is 0 Å². The highest BCUT2D eigenvalue weighted by Crippen LogP contribution is 2.64. The normalized spacial score (nSPS) is 25.9. The van der Waals surface area contributed by atoms with E-state index in [9.17, 15) is 15.0 Å². The van der Waals surface area contributed by atoms with E-state index in [1.807, 2.05) is 12.1 Å². The molecule has 0 amide bonds. The fraction of sp³-hybridized carbons (Fsp3) is 0.365. The minimum absolute atomic E-state index is 0.00170. The number of fused-ring (bicyclic) bond motifs is 7. The number of phenols is 2. The molecule has 10 heteroatoms. The lowest BCUT2D eigenvalue weighted by atomic mass is 9.62. The molecule has 4 aromatic carbocycles. The number of carbonyl (C=O) groups excluding carboxylic acids is 1. The van der Waals surface area contributed by atoms with Gasteiger partial charge in [-0.1, -0.05) is 48.4 Å². The summed E-state index contributed by atoms with van der Waals surface area (Å²) in [5.74, 6) is 8.73. The van der Waals surface area contributed by atoms with E-state index in [1.165, 1.54) is 25.2 Å². The van der Waals surface area contributed by atoms with E-state index in [0.29, 0.717) is 24.3 Å². The summed E-state index contributed by atoms with van der Waals surface area (Å²) in [6.45, 7) is 4.48. The third-order valence-electron chi connectivity index (χ3n) is 14.2. The van der Waals surface area contributed by atoms with Crippen molar-refractivity contribution in [2.24, 2.45) is 23.5 Å². The van der Waals surface area contributed by atoms with Gasteiger partial charge in [0.15, 0.2) is 11.5 Å². The van der Waals surface area contributed by atoms with Gasteiger partial charge in [-0.2, -0.15) is 0 Å². The van der Waals surface area contributed by atoms with Crippen molar-refractivity contribution in [1.29, 1.82) is 0 Å². The van der Waals surface area contributed by atoms with Crippen LogP contribution in [0, 0.1) is 29.6 Å². The van der Waals surface area contributed by atoms with Crippen molar-refractivity contribution in [2.45, 2.75) is 76.0 Å². The quantitative estimate of drug-likeness (QED) is 0.0870. The molecule has 1 fully saturated rings. The van der Waals surface area contributed by atoms with Crippen LogP contribution in [0.3, 0.4) is 0 Å². The van der Waals surface area contributed by atoms with Gasteiger partial charge in [-0.05, 0) is 126 Å². The Kier molecular flexibility index (Phi) is 9.98. The molecule has 4 bridgehead atoms. The topological polar surface area (TPSA) is 145 Å². The van der Waals surface area contributed by atoms with Crippen LogP contribution < -0.4 is 30.6 Å². The molecule has 3 heterocycles. The van der Waals surface area contributed by atoms with Crippen LogP contribution in [0.5, 0.6) is 28.7 Å². The largest absolute Gasteiger partial charge is 0.508 e. The lowest BCUT2D eigenvalue weighted by Crippen LogP contribution is -2.42. The van der Waals surface area contributed by atoms with Crippen LogP contribution in [0.1, 0.15) is 78.5 Å². The summed E-state index contributed by atoms with van der Waals surface area (Å²) in [7, 11) is 3.18. The lowest BCUT2D eigenvalue weighted by Gasteiger charge is -2.42. The van der Waals surface area contributed by atoms with Gasteiger partial charge in [-0.3, -0.25) is 4.79 Å². The number of dihydropyridines is 1. The van der Waals surface area contributed by atoms with Crippen molar-refractivity contribution >= 4 is 11.7 Å². The smallest absolute Gasteiger partial charge is 0.302 e. The second kappa shape index (κ2) is 15.5. The van der Waals surface area contributed by atoms with Gasteiger partial charge in [0.1, 0.15) is 30.0 Å². The van der Waals surface area contributed by atoms with Crippen molar-refractivity contribution in [3.05, 3.63) is 129 Å². The number of para-hydroxylation sites is 1. The Bertz CT molecular complexity index is 2670. The fourth-order valence-electron chi connectivity index (χ4n) is 11.8. The second-order valence-electron chi connectivity index (χ2n) is 17.7. The number of benzene rings is 4. The van der Waals surface area contributed by atoms with Crippen LogP contribution in [0.25, 0.3) is 11.1 Å². The standard InChI is InChI=1S/C52H53N3O7/c1-5-54-40-11-7-6-9-30(40)19-31-13-14-32-22-45(53)55-41-12-8-10-29-21-42(58)43(59-3)24-38(29)50-39(27-61-28(2)56)36-15-16-37-47-34(20-35(57)23-44(47)60-4)26-52(49(37)51(36)62-50)18-17-33(25-52)46(31)48(32)41/h6-7,9,11,13-16,20-24,31,33,39,45-46,50,54-55,57-58H,5,10,17-19,25-27,53H2,1-4H3/t31-,33+,39-,45?,46-,50+,52-/m0/s1. The van der Waals surface area contributed by atoms with Crippen LogP contribution in [0.2, 0.25) is 0 Å². The Morgan fingerprint density at radius 2 is 1.89 bits per heavy atom. The van der Waals surface area contributed by atoms with E-state index in [0.717, 1.165) is 93.9 Å². The molecule has 4 aromatic rings. The third kappa shape index (κ3) is 6.56. The SMILES string of the molecule is CCNc1ccccc1C[C@@H]1C=CC2=CC(N)NC3=C2[C@@H]1[C@@H]1CC[C@@]2(Cc4cc(O)cc(OC)c4-c4ccc5c(c42)O[C@H](c2cc(OC)c(O)cc2CC#C3)[C@H]5COC(C)=O)C1. The van der Waals surface area contributed by atoms with Gasteiger partial charge in [0, 0.05) is 59.3 Å². The zero-order chi connectivity index (χ0) is 42.9. The number of phenolic OH excluding ortho intramolecular Hbond substituents is 2. The van der Waals surface area contributed by atoms with Gasteiger partial charge in [0.25, 0.3) is 0 Å². The maximum Gasteiger partial charge on any atom is 0.302 e. The Morgan fingerprint density at radius 1 is 1.05 bits per heavy atom. The maximum atomic E-state index is 12.5. The van der Waals surface area contributed by atoms with E-state index in [-0.39, 0.29) is 53.2 Å². The Labute approximate surface area is 362 Å². The van der Waals surface area contributed by atoms with Crippen LogP contribution in [0.4, 0.5) is 5.69 Å². The number of hydrogen-bond acceptors (Lipinski definition) is 10. The highest BCUT2D eigenvalue weighted by molar-refractivity contribution is 5.84. The van der Waals surface area contributed by atoms with Crippen molar-refractivity contribution in [3.8, 4) is 51.7 Å². The number of anilines is 1. The highest BCUT2D eigenvalue weighted by atomic mass is 16.5. The predicted octanol–water partition coefficient (Wildman–Crippen LogP) is 8.26. The lowest BCUT2D eigenvalue weighted by molar-refractivity contribution is -0.141. The van der Waals surface area contributed by atoms with Gasteiger partial charge < -0.3 is 45.5 Å². The summed E-state index contributed by atoms with van der Waals surface area (Å²) in [4.78, 5) is 12.5. The highest BCUT2D eigenvalue weighted by Gasteiger charge is 2.53. The summed E-state index contributed by atoms with van der Waals surface area (Å²) >= 11 is 0. The van der Waals surface area contributed by atoms with Gasteiger partial charge >= 0.3 is 5.97 Å². The number of hydrogen-bond donors (Lipinski definition) is 5. The molecule has 3 aliphatic heterocycles. The summed E-state index contributed by atoms with van der Waals surface area (Å²) in [5, 5.41) is 29.5. The van der Waals surface area contributed by atoms with Crippen LogP contribution in [0.15, 0.2) is 95.7 Å². The number of methoxy groups -OCH3 is 2. The molecule has 62 heavy (non-hydrogen) atoms. The molecule has 0 aromatic heterocycles. The van der Waals surface area contributed by atoms with E-state index in [2.05, 4.69) is 84.0 Å². The summed E-state index contributed by atoms with van der Waals surface area (Å²) < 4.78 is 24.9. The van der Waals surface area contributed by atoms with Crippen molar-refractivity contribution < 1.29 is 34.0 Å². The molecule has 1 unspecified atom stereocenters. The number of nitrogens with one attached hydrogen (secondary N) is 2. The molecule has 318 valence electrons. The van der Waals surface area contributed by atoms with Gasteiger partial charge in [-0.25, -0.2) is 0 Å². The zero-order valence-corrected chi connectivity index (χ0v) is 35.6. The summed E-state index contributed by atoms with van der Waals surface area (Å²) in [5.41, 5.74) is 18.6. The van der Waals surface area contributed by atoms with E-state index >= 15 is 0 Å². The first-order valence-electron chi connectivity index (χ1n) is 21.8. The molecule has 10 nitrogen and oxygen atoms in total. The predicted molar refractivity (Wildman–Crippen MR) is 238 cm³/mol. The Morgan fingerprint density at radius 3 is 2.69 bits per heavy atom. The molecule has 7 atom stereocenters. The van der Waals surface area contributed by atoms with E-state index < -0.39 is 12.3 Å². The Hall–Kier alpha value is -6.31. The molecule has 6 aliphatic rings. The van der Waals surface area contributed by atoms with E-state index in [1.54, 1.807) is 19.2 Å². The third-order valence-corrected chi connectivity index (χ3v) is 14.2. The van der Waals surface area contributed by atoms with E-state index in [4.69, 9.17) is 24.7 Å². The minimum Gasteiger partial charge on any atom is -0.508 e. The van der Waals surface area contributed by atoms with Gasteiger partial charge in [0.05, 0.1) is 32.0 Å². The van der Waals surface area contributed by atoms with Crippen molar-refractivity contribution in [3.63, 3.8) is 0 Å². The minimum atomic E-state index is -0.588. The summed E-state index contributed by atoms with van der Waals surface area (Å²) in [6.07, 6.45) is 10.3. The molecular weight excluding hydrogens is 779 g/mol. The molecule has 6 N–H and O–H groups in total. The number of aromatic hydroxyl groups is 2. The number of ether oxygens (including phenoxy) is 4. The Balaban J connectivity index is 1.23. The molecular formula is C52H53N3O7. The number of rotatable bonds is 8. The first kappa shape index (κ1) is 39.8. The monoisotopic (exact) mass is 831 g/mol. The first-order valence-corrected chi connectivity index (χ1v) is 21.8. The number of esters is 1. The second-order valence-corrected chi connectivity index (χ2v) is 17.7.